The number of aryl methyl sites for hydroxylation is 1. The molecule has 1 atom stereocenters. The lowest BCUT2D eigenvalue weighted by Crippen LogP contribution is -2.39. The minimum Gasteiger partial charge on any atom is -0.336 e. The molecule has 0 spiro atoms. The highest BCUT2D eigenvalue weighted by Gasteiger charge is 2.22. The molecule has 0 fully saturated rings. The van der Waals surface area contributed by atoms with E-state index in [1.165, 1.54) is 24.2 Å². The summed E-state index contributed by atoms with van der Waals surface area (Å²) in [6.07, 6.45) is 2.95. The van der Waals surface area contributed by atoms with E-state index in [1.54, 1.807) is 26.2 Å². The molecular weight excluding hydrogens is 347 g/mol. The first-order valence-corrected chi connectivity index (χ1v) is 8.98. The van der Waals surface area contributed by atoms with Gasteiger partial charge in [0.1, 0.15) is 12.1 Å². The highest BCUT2D eigenvalue weighted by molar-refractivity contribution is 7.89. The van der Waals surface area contributed by atoms with Crippen LogP contribution in [0.25, 0.3) is 0 Å². The van der Waals surface area contributed by atoms with Gasteiger partial charge in [0.25, 0.3) is 0 Å². The number of rotatable bonds is 6. The van der Waals surface area contributed by atoms with Crippen molar-refractivity contribution in [3.05, 3.63) is 53.9 Å². The molecule has 0 saturated carbocycles. The van der Waals surface area contributed by atoms with Crippen LogP contribution in [0.5, 0.6) is 0 Å². The first-order valence-electron chi connectivity index (χ1n) is 7.50. The number of halogens is 1. The summed E-state index contributed by atoms with van der Waals surface area (Å²) in [5.41, 5.74) is 0.908. The minimum absolute atomic E-state index is 0.0619. The second-order valence-electron chi connectivity index (χ2n) is 5.55. The van der Waals surface area contributed by atoms with E-state index in [9.17, 15) is 17.6 Å². The van der Waals surface area contributed by atoms with Gasteiger partial charge in [-0.15, -0.1) is 0 Å². The lowest BCUT2D eigenvalue weighted by atomic mass is 10.2. The Bertz CT molecular complexity index is 859. The molecule has 9 heteroatoms. The average molecular weight is 366 g/mol. The largest absolute Gasteiger partial charge is 0.336 e. The fourth-order valence-corrected chi connectivity index (χ4v) is 3.43. The van der Waals surface area contributed by atoms with E-state index >= 15 is 0 Å². The normalized spacial score (nSPS) is 12.6. The minimum atomic E-state index is -3.92. The van der Waals surface area contributed by atoms with Crippen LogP contribution in [0.15, 0.2) is 41.7 Å². The fourth-order valence-electron chi connectivity index (χ4n) is 2.24. The van der Waals surface area contributed by atoms with Gasteiger partial charge in [-0.3, -0.25) is 4.79 Å². The fraction of sp³-hybridized carbons (Fsp3) is 0.312. The predicted octanol–water partition coefficient (Wildman–Crippen LogP) is 1.42. The average Bonchev–Trinajstić information content (AvgIpc) is 2.58. The zero-order valence-electron chi connectivity index (χ0n) is 14.1. The molecule has 1 aromatic heterocycles. The molecule has 0 bridgehead atoms. The van der Waals surface area contributed by atoms with Crippen molar-refractivity contribution in [2.75, 3.05) is 13.6 Å². The standard InChI is InChI=1S/C16H19FN4O3S/c1-11-8-13(17)4-5-15(11)25(23,24)20-9-16(22)21(3)12(2)14-6-7-18-10-19-14/h4-8,10,12,20H,9H2,1-3H3/t12-/m1/s1. The van der Waals surface area contributed by atoms with Crippen LogP contribution in [0.3, 0.4) is 0 Å². The maximum atomic E-state index is 13.1. The van der Waals surface area contributed by atoms with E-state index in [4.69, 9.17) is 0 Å². The van der Waals surface area contributed by atoms with Gasteiger partial charge >= 0.3 is 0 Å². The van der Waals surface area contributed by atoms with E-state index in [2.05, 4.69) is 14.7 Å². The van der Waals surface area contributed by atoms with Gasteiger partial charge in [-0.1, -0.05) is 0 Å². The molecule has 134 valence electrons. The number of amides is 1. The number of carbonyl (C=O) groups is 1. The van der Waals surface area contributed by atoms with Crippen molar-refractivity contribution in [3.8, 4) is 0 Å². The molecule has 1 amide bonds. The highest BCUT2D eigenvalue weighted by atomic mass is 32.2. The van der Waals surface area contributed by atoms with Crippen LogP contribution >= 0.6 is 0 Å². The molecule has 2 aromatic rings. The van der Waals surface area contributed by atoms with E-state index in [-0.39, 0.29) is 16.5 Å². The molecule has 1 aromatic carbocycles. The molecule has 1 heterocycles. The highest BCUT2D eigenvalue weighted by Crippen LogP contribution is 2.17. The van der Waals surface area contributed by atoms with Gasteiger partial charge in [0.15, 0.2) is 0 Å². The third-order valence-electron chi connectivity index (χ3n) is 3.85. The number of sulfonamides is 1. The molecule has 0 unspecified atom stereocenters. The number of nitrogens with zero attached hydrogens (tertiary/aromatic N) is 3. The van der Waals surface area contributed by atoms with E-state index in [1.807, 2.05) is 0 Å². The van der Waals surface area contributed by atoms with Crippen molar-refractivity contribution in [1.82, 2.24) is 19.6 Å². The van der Waals surface area contributed by atoms with Gasteiger partial charge in [0.05, 0.1) is 23.2 Å². The number of hydrogen-bond donors (Lipinski definition) is 1. The maximum Gasteiger partial charge on any atom is 0.241 e. The lowest BCUT2D eigenvalue weighted by Gasteiger charge is -2.24. The Morgan fingerprint density at radius 3 is 2.68 bits per heavy atom. The quantitative estimate of drug-likeness (QED) is 0.835. The molecule has 7 nitrogen and oxygen atoms in total. The van der Waals surface area contributed by atoms with Gasteiger partial charge in [-0.05, 0) is 43.7 Å². The van der Waals surface area contributed by atoms with Crippen LogP contribution in [0, 0.1) is 12.7 Å². The van der Waals surface area contributed by atoms with Crippen LogP contribution in [0.2, 0.25) is 0 Å². The van der Waals surface area contributed by atoms with Crippen molar-refractivity contribution in [2.45, 2.75) is 24.8 Å². The van der Waals surface area contributed by atoms with Gasteiger partial charge in [0, 0.05) is 13.2 Å². The SMILES string of the molecule is Cc1cc(F)ccc1S(=O)(=O)NCC(=O)N(C)[C@H](C)c1ccncn1. The number of carbonyl (C=O) groups excluding carboxylic acids is 1. The van der Waals surface area contributed by atoms with Crippen LogP contribution < -0.4 is 4.72 Å². The Morgan fingerprint density at radius 2 is 2.08 bits per heavy atom. The zero-order chi connectivity index (χ0) is 18.6. The second-order valence-corrected chi connectivity index (χ2v) is 7.28. The molecule has 1 N–H and O–H groups in total. The number of hydrogen-bond acceptors (Lipinski definition) is 5. The zero-order valence-corrected chi connectivity index (χ0v) is 14.9. The summed E-state index contributed by atoms with van der Waals surface area (Å²) in [6, 6.07) is 4.70. The molecular formula is C16H19FN4O3S. The molecule has 0 aliphatic rings. The van der Waals surface area contributed by atoms with E-state index < -0.39 is 28.3 Å². The Labute approximate surface area is 146 Å². The van der Waals surface area contributed by atoms with E-state index in [0.29, 0.717) is 5.69 Å². The summed E-state index contributed by atoms with van der Waals surface area (Å²) < 4.78 is 40.0. The monoisotopic (exact) mass is 366 g/mol. The summed E-state index contributed by atoms with van der Waals surface area (Å²) in [7, 11) is -2.35. The number of aromatic nitrogens is 2. The predicted molar refractivity (Wildman–Crippen MR) is 89.5 cm³/mol. The molecule has 0 aliphatic heterocycles. The first-order chi connectivity index (χ1) is 11.7. The Hall–Kier alpha value is -2.39. The van der Waals surface area contributed by atoms with Gasteiger partial charge in [-0.2, -0.15) is 0 Å². The van der Waals surface area contributed by atoms with Crippen LogP contribution in [0.1, 0.15) is 24.2 Å². The summed E-state index contributed by atoms with van der Waals surface area (Å²) in [5, 5.41) is 0. The van der Waals surface area contributed by atoms with Crippen LogP contribution in [-0.2, 0) is 14.8 Å². The van der Waals surface area contributed by atoms with Crippen LogP contribution in [0.4, 0.5) is 4.39 Å². The van der Waals surface area contributed by atoms with E-state index in [0.717, 1.165) is 12.1 Å². The number of nitrogens with one attached hydrogen (secondary N) is 1. The van der Waals surface area contributed by atoms with Crippen molar-refractivity contribution >= 4 is 15.9 Å². The van der Waals surface area contributed by atoms with Gasteiger partial charge in [-0.25, -0.2) is 27.5 Å². The summed E-state index contributed by atoms with van der Waals surface area (Å²) in [4.78, 5) is 21.5. The molecule has 2 rings (SSSR count). The molecule has 0 saturated heterocycles. The molecule has 0 radical (unpaired) electrons. The Balaban J connectivity index is 2.05. The third-order valence-corrected chi connectivity index (χ3v) is 5.41. The summed E-state index contributed by atoms with van der Waals surface area (Å²) in [5.74, 6) is -0.944. The van der Waals surface area contributed by atoms with Crippen molar-refractivity contribution in [3.63, 3.8) is 0 Å². The van der Waals surface area contributed by atoms with Crippen molar-refractivity contribution in [1.29, 1.82) is 0 Å². The molecule has 25 heavy (non-hydrogen) atoms. The lowest BCUT2D eigenvalue weighted by molar-refractivity contribution is -0.130. The van der Waals surface area contributed by atoms with Gasteiger partial charge < -0.3 is 4.90 Å². The molecule has 0 aliphatic carbocycles. The third kappa shape index (κ3) is 4.58. The summed E-state index contributed by atoms with van der Waals surface area (Å²) in [6.45, 7) is 2.85. The van der Waals surface area contributed by atoms with Crippen molar-refractivity contribution in [2.24, 2.45) is 0 Å². The Morgan fingerprint density at radius 1 is 1.36 bits per heavy atom. The Kier molecular flexibility index (Phi) is 5.81. The first kappa shape index (κ1) is 18.9. The van der Waals surface area contributed by atoms with Crippen molar-refractivity contribution < 1.29 is 17.6 Å². The van der Waals surface area contributed by atoms with Gasteiger partial charge in [0.2, 0.25) is 15.9 Å². The topological polar surface area (TPSA) is 92.3 Å². The second kappa shape index (κ2) is 7.66. The smallest absolute Gasteiger partial charge is 0.241 e. The number of likely N-dealkylation sites (N-methyl/N-ethyl adjacent to an activating group) is 1. The maximum absolute atomic E-state index is 13.1. The summed E-state index contributed by atoms with van der Waals surface area (Å²) >= 11 is 0. The van der Waals surface area contributed by atoms with Crippen LogP contribution in [-0.4, -0.2) is 42.8 Å². The number of benzene rings is 1.